The molecule has 170 valence electrons. The Morgan fingerprint density at radius 1 is 0.909 bits per heavy atom. The molecule has 3 amide bonds. The third-order valence-electron chi connectivity index (χ3n) is 5.62. The highest BCUT2D eigenvalue weighted by molar-refractivity contribution is 6.03. The molecule has 1 aliphatic rings. The number of urea groups is 1. The maximum atomic E-state index is 13.2. The van der Waals surface area contributed by atoms with Gasteiger partial charge in [0.1, 0.15) is 0 Å². The molecule has 1 heterocycles. The summed E-state index contributed by atoms with van der Waals surface area (Å²) in [7, 11) is 0. The normalized spacial score (nSPS) is 13.8. The lowest BCUT2D eigenvalue weighted by Gasteiger charge is -2.25. The van der Waals surface area contributed by atoms with Gasteiger partial charge in [-0.2, -0.15) is 0 Å². The predicted octanol–water partition coefficient (Wildman–Crippen LogP) is 5.12. The van der Waals surface area contributed by atoms with Gasteiger partial charge in [-0.15, -0.1) is 0 Å². The van der Waals surface area contributed by atoms with Crippen LogP contribution in [-0.2, 0) is 11.3 Å². The maximum absolute atomic E-state index is 13.2. The minimum atomic E-state index is -0.335. The molecule has 0 atom stereocenters. The van der Waals surface area contributed by atoms with Gasteiger partial charge in [0.15, 0.2) is 0 Å². The largest absolute Gasteiger partial charge is 0.345 e. The van der Waals surface area contributed by atoms with E-state index in [9.17, 15) is 9.59 Å². The van der Waals surface area contributed by atoms with Gasteiger partial charge >= 0.3 is 6.03 Å². The fourth-order valence-corrected chi connectivity index (χ4v) is 3.87. The van der Waals surface area contributed by atoms with Crippen LogP contribution in [0.2, 0.25) is 0 Å². The van der Waals surface area contributed by atoms with Gasteiger partial charge in [0.2, 0.25) is 5.91 Å². The number of amides is 3. The van der Waals surface area contributed by atoms with Gasteiger partial charge in [0, 0.05) is 30.9 Å². The number of nitrogens with one attached hydrogen (secondary N) is 2. The molecule has 0 bridgehead atoms. The summed E-state index contributed by atoms with van der Waals surface area (Å²) in [6, 6.07) is 24.1. The first kappa shape index (κ1) is 22.4. The zero-order valence-electron chi connectivity index (χ0n) is 18.5. The average Bonchev–Trinajstić information content (AvgIpc) is 3.08. The molecule has 0 aromatic heterocycles. The summed E-state index contributed by atoms with van der Waals surface area (Å²) in [5.74, 6) is 0.156. The Bertz CT molecular complexity index is 1090. The van der Waals surface area contributed by atoms with Crippen molar-refractivity contribution in [1.29, 1.82) is 0 Å². The van der Waals surface area contributed by atoms with Crippen LogP contribution in [0.3, 0.4) is 0 Å². The van der Waals surface area contributed by atoms with Crippen LogP contribution in [0, 0.1) is 0 Å². The molecule has 7 nitrogen and oxygen atoms in total. The van der Waals surface area contributed by atoms with Crippen LogP contribution in [0.5, 0.6) is 0 Å². The van der Waals surface area contributed by atoms with Crippen molar-refractivity contribution in [2.75, 3.05) is 27.2 Å². The number of nitrogens with two attached hydrogens (primary N) is 1. The second-order valence-corrected chi connectivity index (χ2v) is 8.02. The summed E-state index contributed by atoms with van der Waals surface area (Å²) < 4.78 is 0. The summed E-state index contributed by atoms with van der Waals surface area (Å²) in [6.45, 7) is 1.15. The number of carbonyl (C=O) groups is 2. The molecule has 0 spiro atoms. The Balaban J connectivity index is 1.51. The molecule has 0 radical (unpaired) electrons. The highest BCUT2D eigenvalue weighted by Crippen LogP contribution is 2.24. The third-order valence-corrected chi connectivity index (χ3v) is 5.62. The van der Waals surface area contributed by atoms with E-state index in [4.69, 9.17) is 5.73 Å². The minimum absolute atomic E-state index is 0.156. The van der Waals surface area contributed by atoms with Crippen LogP contribution in [0.4, 0.5) is 27.5 Å². The minimum Gasteiger partial charge on any atom is -0.326 e. The summed E-state index contributed by atoms with van der Waals surface area (Å²) in [5, 5.41) is 4.40. The summed E-state index contributed by atoms with van der Waals surface area (Å²) >= 11 is 0. The summed E-state index contributed by atoms with van der Waals surface area (Å²) in [4.78, 5) is 27.4. The van der Waals surface area contributed by atoms with Crippen molar-refractivity contribution in [2.45, 2.75) is 32.2 Å². The SMILES string of the molecule is NCc1cccc(NN(C(=O)Nc2ccc(N3CCCCCC3=O)cc2)c2ccccc2)c1. The third kappa shape index (κ3) is 5.70. The Morgan fingerprint density at radius 3 is 2.45 bits per heavy atom. The second kappa shape index (κ2) is 10.7. The van der Waals surface area contributed by atoms with Crippen molar-refractivity contribution in [1.82, 2.24) is 0 Å². The van der Waals surface area contributed by atoms with Gasteiger partial charge in [0.25, 0.3) is 0 Å². The second-order valence-electron chi connectivity index (χ2n) is 8.02. The number of rotatable bonds is 6. The van der Waals surface area contributed by atoms with Crippen LogP contribution in [0.1, 0.15) is 31.2 Å². The molecule has 4 rings (SSSR count). The number of benzene rings is 3. The number of anilines is 4. The molecule has 3 aromatic rings. The Labute approximate surface area is 194 Å². The first-order chi connectivity index (χ1) is 16.1. The molecular weight excluding hydrogens is 414 g/mol. The molecule has 1 fully saturated rings. The van der Waals surface area contributed by atoms with Gasteiger partial charge in [-0.3, -0.25) is 10.2 Å². The van der Waals surface area contributed by atoms with Gasteiger partial charge in [-0.25, -0.2) is 9.80 Å². The molecule has 3 aromatic carbocycles. The van der Waals surface area contributed by atoms with Crippen molar-refractivity contribution in [3.8, 4) is 0 Å². The first-order valence-electron chi connectivity index (χ1n) is 11.3. The van der Waals surface area contributed by atoms with E-state index in [1.807, 2.05) is 83.8 Å². The Morgan fingerprint density at radius 2 is 1.70 bits per heavy atom. The Kier molecular flexibility index (Phi) is 7.22. The fraction of sp³-hybridized carbons (Fsp3) is 0.231. The van der Waals surface area contributed by atoms with Crippen LogP contribution >= 0.6 is 0 Å². The summed E-state index contributed by atoms with van der Waals surface area (Å²) in [5.41, 5.74) is 12.9. The predicted molar refractivity (Wildman–Crippen MR) is 133 cm³/mol. The van der Waals surface area contributed by atoms with E-state index in [-0.39, 0.29) is 11.9 Å². The smallest absolute Gasteiger partial charge is 0.326 e. The first-order valence-corrected chi connectivity index (χ1v) is 11.3. The van der Waals surface area contributed by atoms with E-state index in [2.05, 4.69) is 10.7 Å². The zero-order chi connectivity index (χ0) is 23.0. The number of nitrogens with zero attached hydrogens (tertiary/aromatic N) is 2. The number of hydrazine groups is 1. The lowest BCUT2D eigenvalue weighted by atomic mass is 10.2. The number of hydrogen-bond acceptors (Lipinski definition) is 4. The van der Waals surface area contributed by atoms with Crippen LogP contribution in [-0.4, -0.2) is 18.5 Å². The molecule has 7 heteroatoms. The molecular formula is C26H29N5O2. The van der Waals surface area contributed by atoms with Crippen LogP contribution in [0.15, 0.2) is 78.9 Å². The van der Waals surface area contributed by atoms with E-state index < -0.39 is 0 Å². The molecule has 0 aliphatic carbocycles. The lowest BCUT2D eigenvalue weighted by Crippen LogP contribution is -2.39. The van der Waals surface area contributed by atoms with Crippen molar-refractivity contribution >= 4 is 34.7 Å². The highest BCUT2D eigenvalue weighted by atomic mass is 16.2. The summed E-state index contributed by atoms with van der Waals surface area (Å²) in [6.07, 6.45) is 3.61. The van der Waals surface area contributed by atoms with Gasteiger partial charge < -0.3 is 16.0 Å². The van der Waals surface area contributed by atoms with Crippen molar-refractivity contribution in [2.24, 2.45) is 5.73 Å². The van der Waals surface area contributed by atoms with E-state index in [1.54, 1.807) is 0 Å². The van der Waals surface area contributed by atoms with Crippen molar-refractivity contribution in [3.05, 3.63) is 84.4 Å². The fourth-order valence-electron chi connectivity index (χ4n) is 3.87. The zero-order valence-corrected chi connectivity index (χ0v) is 18.5. The molecule has 33 heavy (non-hydrogen) atoms. The average molecular weight is 444 g/mol. The molecule has 1 saturated heterocycles. The number of para-hydroxylation sites is 1. The van der Waals surface area contributed by atoms with Crippen molar-refractivity contribution < 1.29 is 9.59 Å². The van der Waals surface area contributed by atoms with E-state index in [1.165, 1.54) is 5.01 Å². The van der Waals surface area contributed by atoms with E-state index in [0.717, 1.165) is 42.7 Å². The molecule has 1 aliphatic heterocycles. The molecule has 0 saturated carbocycles. The van der Waals surface area contributed by atoms with E-state index in [0.29, 0.717) is 24.3 Å². The lowest BCUT2D eigenvalue weighted by molar-refractivity contribution is -0.118. The highest BCUT2D eigenvalue weighted by Gasteiger charge is 2.19. The Hall–Kier alpha value is -3.84. The van der Waals surface area contributed by atoms with Crippen LogP contribution < -0.4 is 26.4 Å². The van der Waals surface area contributed by atoms with Crippen molar-refractivity contribution in [3.63, 3.8) is 0 Å². The number of hydrogen-bond donors (Lipinski definition) is 3. The molecule has 0 unspecified atom stereocenters. The van der Waals surface area contributed by atoms with Gasteiger partial charge in [-0.1, -0.05) is 36.8 Å². The van der Waals surface area contributed by atoms with E-state index >= 15 is 0 Å². The maximum Gasteiger partial charge on any atom is 0.345 e. The van der Waals surface area contributed by atoms with Crippen LogP contribution in [0.25, 0.3) is 0 Å². The number of carbonyl (C=O) groups excluding carboxylic acids is 2. The van der Waals surface area contributed by atoms with Gasteiger partial charge in [-0.05, 0) is 66.9 Å². The standard InChI is InChI=1S/C26H29N5O2/c27-19-20-8-7-9-22(18-20)29-31(24-10-3-1-4-11-24)26(33)28-21-13-15-23(16-14-21)30-17-6-2-5-12-25(30)32/h1,3-4,7-11,13-16,18,29H,2,5-6,12,17,19,27H2,(H,28,33). The quantitative estimate of drug-likeness (QED) is 0.461. The molecule has 4 N–H and O–H groups in total. The topological polar surface area (TPSA) is 90.7 Å². The van der Waals surface area contributed by atoms with Gasteiger partial charge in [0.05, 0.1) is 11.4 Å². The monoisotopic (exact) mass is 443 g/mol.